The van der Waals surface area contributed by atoms with Crippen molar-refractivity contribution in [2.75, 3.05) is 13.1 Å². The summed E-state index contributed by atoms with van der Waals surface area (Å²) in [6.07, 6.45) is 4.09. The van der Waals surface area contributed by atoms with Gasteiger partial charge in [0.2, 0.25) is 0 Å². The minimum atomic E-state index is 0.0493. The van der Waals surface area contributed by atoms with Gasteiger partial charge in [-0.3, -0.25) is 9.48 Å². The van der Waals surface area contributed by atoms with Crippen molar-refractivity contribution in [2.45, 2.75) is 72.1 Å². The van der Waals surface area contributed by atoms with Gasteiger partial charge >= 0.3 is 0 Å². The Hall–Kier alpha value is -2.15. The number of aryl methyl sites for hydroxylation is 3. The fourth-order valence-corrected chi connectivity index (χ4v) is 4.28. The van der Waals surface area contributed by atoms with Gasteiger partial charge < -0.3 is 14.2 Å². The highest BCUT2D eigenvalue weighted by molar-refractivity contribution is 5.96. The number of carbonyl (C=O) groups is 1. The van der Waals surface area contributed by atoms with Gasteiger partial charge in [0.15, 0.2) is 0 Å². The van der Waals surface area contributed by atoms with Crippen molar-refractivity contribution in [3.05, 3.63) is 34.0 Å². The van der Waals surface area contributed by atoms with E-state index in [4.69, 9.17) is 9.26 Å². The van der Waals surface area contributed by atoms with Crippen LogP contribution in [0.1, 0.15) is 71.0 Å². The molecule has 0 bridgehead atoms. The molecule has 27 heavy (non-hydrogen) atoms. The van der Waals surface area contributed by atoms with Crippen LogP contribution >= 0.6 is 0 Å². The van der Waals surface area contributed by atoms with Gasteiger partial charge in [0, 0.05) is 24.7 Å². The molecule has 0 aliphatic carbocycles. The Morgan fingerprint density at radius 1 is 1.26 bits per heavy atom. The molecule has 2 aliphatic rings. The van der Waals surface area contributed by atoms with Crippen LogP contribution in [0.4, 0.5) is 0 Å². The van der Waals surface area contributed by atoms with Gasteiger partial charge in [-0.1, -0.05) is 5.16 Å². The summed E-state index contributed by atoms with van der Waals surface area (Å²) in [7, 11) is 0. The van der Waals surface area contributed by atoms with E-state index in [1.165, 1.54) is 0 Å². The van der Waals surface area contributed by atoms with Gasteiger partial charge in [0.1, 0.15) is 5.76 Å². The monoisotopic (exact) mass is 372 g/mol. The SMILES string of the molecule is Cc1noc(C)c1COC1CCN(C(=O)c2c(C)nn3c2CCCC3C)C1. The lowest BCUT2D eigenvalue weighted by molar-refractivity contribution is 0.0429. The first-order valence-electron chi connectivity index (χ1n) is 9.86. The van der Waals surface area contributed by atoms with Gasteiger partial charge in [-0.15, -0.1) is 0 Å². The molecule has 4 heterocycles. The normalized spacial score (nSPS) is 22.3. The second-order valence-corrected chi connectivity index (χ2v) is 7.87. The molecule has 2 aromatic rings. The molecule has 1 amide bonds. The van der Waals surface area contributed by atoms with E-state index in [1.54, 1.807) is 0 Å². The third kappa shape index (κ3) is 3.29. The molecular weight excluding hydrogens is 344 g/mol. The highest BCUT2D eigenvalue weighted by Crippen LogP contribution is 2.30. The van der Waals surface area contributed by atoms with E-state index in [9.17, 15) is 4.79 Å². The number of ether oxygens (including phenoxy) is 1. The Morgan fingerprint density at radius 2 is 2.07 bits per heavy atom. The van der Waals surface area contributed by atoms with Gasteiger partial charge in [-0.2, -0.15) is 5.10 Å². The quantitative estimate of drug-likeness (QED) is 0.824. The topological polar surface area (TPSA) is 73.4 Å². The molecule has 7 nitrogen and oxygen atoms in total. The molecule has 2 atom stereocenters. The number of carbonyl (C=O) groups excluding carboxylic acids is 1. The van der Waals surface area contributed by atoms with Crippen LogP contribution in [0.15, 0.2) is 4.52 Å². The predicted molar refractivity (Wildman–Crippen MR) is 99.7 cm³/mol. The molecule has 2 aliphatic heterocycles. The molecule has 0 spiro atoms. The molecule has 146 valence electrons. The van der Waals surface area contributed by atoms with Crippen LogP contribution in [0.3, 0.4) is 0 Å². The van der Waals surface area contributed by atoms with E-state index >= 15 is 0 Å². The number of fused-ring (bicyclic) bond motifs is 1. The largest absolute Gasteiger partial charge is 0.371 e. The number of nitrogens with zero attached hydrogens (tertiary/aromatic N) is 4. The van der Waals surface area contributed by atoms with Crippen molar-refractivity contribution in [1.29, 1.82) is 0 Å². The zero-order valence-corrected chi connectivity index (χ0v) is 16.6. The van der Waals surface area contributed by atoms with Crippen molar-refractivity contribution in [2.24, 2.45) is 0 Å². The lowest BCUT2D eigenvalue weighted by Crippen LogP contribution is -2.31. The van der Waals surface area contributed by atoms with E-state index in [1.807, 2.05) is 25.7 Å². The fourth-order valence-electron chi connectivity index (χ4n) is 4.28. The maximum atomic E-state index is 13.2. The van der Waals surface area contributed by atoms with E-state index < -0.39 is 0 Å². The Labute approximate surface area is 159 Å². The summed E-state index contributed by atoms with van der Waals surface area (Å²) in [5.74, 6) is 0.904. The highest BCUT2D eigenvalue weighted by atomic mass is 16.5. The second kappa shape index (κ2) is 7.11. The first-order chi connectivity index (χ1) is 13.0. The molecule has 0 N–H and O–H groups in total. The fraction of sp³-hybridized carbons (Fsp3) is 0.650. The lowest BCUT2D eigenvalue weighted by atomic mass is 10.0. The minimum Gasteiger partial charge on any atom is -0.371 e. The lowest BCUT2D eigenvalue weighted by Gasteiger charge is -2.23. The first-order valence-corrected chi connectivity index (χ1v) is 9.86. The zero-order valence-electron chi connectivity index (χ0n) is 16.6. The molecular formula is C20H28N4O3. The van der Waals surface area contributed by atoms with Crippen molar-refractivity contribution in [3.63, 3.8) is 0 Å². The number of rotatable bonds is 4. The van der Waals surface area contributed by atoms with Gasteiger partial charge in [-0.25, -0.2) is 0 Å². The maximum Gasteiger partial charge on any atom is 0.257 e. The summed E-state index contributed by atoms with van der Waals surface area (Å²) < 4.78 is 13.3. The Morgan fingerprint density at radius 3 is 2.81 bits per heavy atom. The van der Waals surface area contributed by atoms with Crippen LogP contribution < -0.4 is 0 Å². The molecule has 0 saturated carbocycles. The van der Waals surface area contributed by atoms with Crippen molar-refractivity contribution in [3.8, 4) is 0 Å². The van der Waals surface area contributed by atoms with E-state index in [0.717, 1.165) is 66.2 Å². The first kappa shape index (κ1) is 18.2. The minimum absolute atomic E-state index is 0.0493. The van der Waals surface area contributed by atoms with Crippen molar-refractivity contribution < 1.29 is 14.1 Å². The number of amides is 1. The third-order valence-electron chi connectivity index (χ3n) is 5.93. The third-order valence-corrected chi connectivity index (χ3v) is 5.93. The molecule has 2 aromatic heterocycles. The van der Waals surface area contributed by atoms with Gasteiger partial charge in [0.25, 0.3) is 5.91 Å². The van der Waals surface area contributed by atoms with Crippen LogP contribution in [0.5, 0.6) is 0 Å². The van der Waals surface area contributed by atoms with Crippen molar-refractivity contribution in [1.82, 2.24) is 19.8 Å². The second-order valence-electron chi connectivity index (χ2n) is 7.87. The molecule has 0 aromatic carbocycles. The zero-order chi connectivity index (χ0) is 19.1. The Balaban J connectivity index is 1.43. The molecule has 7 heteroatoms. The molecule has 1 saturated heterocycles. The summed E-state index contributed by atoms with van der Waals surface area (Å²) in [6.45, 7) is 9.79. The van der Waals surface area contributed by atoms with Gasteiger partial charge in [-0.05, 0) is 53.4 Å². The summed E-state index contributed by atoms with van der Waals surface area (Å²) in [5, 5.41) is 8.62. The number of hydrogen-bond acceptors (Lipinski definition) is 5. The predicted octanol–water partition coefficient (Wildman–Crippen LogP) is 3.12. The summed E-state index contributed by atoms with van der Waals surface area (Å²) in [6, 6.07) is 0.374. The summed E-state index contributed by atoms with van der Waals surface area (Å²) in [4.78, 5) is 15.1. The van der Waals surface area contributed by atoms with Crippen LogP contribution in [-0.2, 0) is 17.8 Å². The maximum absolute atomic E-state index is 13.2. The standard InChI is InChI=1S/C20H28N4O3/c1-12-6-5-7-18-19(14(3)21-24(12)18)20(25)23-9-8-16(10-23)26-11-17-13(2)22-27-15(17)4/h12,16H,5-11H2,1-4H3. The van der Waals surface area contributed by atoms with Crippen LogP contribution in [0, 0.1) is 20.8 Å². The number of aromatic nitrogens is 3. The Bertz CT molecular complexity index is 834. The van der Waals surface area contributed by atoms with Crippen LogP contribution in [-0.4, -0.2) is 44.9 Å². The van der Waals surface area contributed by atoms with Gasteiger partial charge in [0.05, 0.1) is 35.4 Å². The van der Waals surface area contributed by atoms with E-state index in [2.05, 4.69) is 21.9 Å². The van der Waals surface area contributed by atoms with E-state index in [0.29, 0.717) is 19.2 Å². The molecule has 4 rings (SSSR count). The number of likely N-dealkylation sites (tertiary alicyclic amines) is 1. The summed E-state index contributed by atoms with van der Waals surface area (Å²) >= 11 is 0. The number of hydrogen-bond donors (Lipinski definition) is 0. The average Bonchev–Trinajstić information content (AvgIpc) is 3.32. The average molecular weight is 372 g/mol. The molecule has 2 unspecified atom stereocenters. The summed E-state index contributed by atoms with van der Waals surface area (Å²) in [5.41, 5.74) is 4.65. The molecule has 0 radical (unpaired) electrons. The molecule has 1 fully saturated rings. The van der Waals surface area contributed by atoms with E-state index in [-0.39, 0.29) is 12.0 Å². The van der Waals surface area contributed by atoms with Crippen LogP contribution in [0.25, 0.3) is 0 Å². The van der Waals surface area contributed by atoms with Crippen molar-refractivity contribution >= 4 is 5.91 Å². The smallest absolute Gasteiger partial charge is 0.257 e. The van der Waals surface area contributed by atoms with Crippen LogP contribution in [0.2, 0.25) is 0 Å². The Kier molecular flexibility index (Phi) is 4.80. The highest BCUT2D eigenvalue weighted by Gasteiger charge is 2.33.